The fraction of sp³-hybridized carbons (Fsp3) is 0.333. The molecule has 0 saturated heterocycles. The molecular formula is C9H13N3O. The molecule has 0 aromatic carbocycles. The molecule has 1 aromatic rings. The number of aromatic nitrogens is 2. The number of hydrogen-bond donors (Lipinski definition) is 1. The van der Waals surface area contributed by atoms with E-state index in [1.807, 2.05) is 6.92 Å². The van der Waals surface area contributed by atoms with Crippen molar-refractivity contribution in [2.24, 2.45) is 0 Å². The van der Waals surface area contributed by atoms with Crippen LogP contribution in [0.2, 0.25) is 0 Å². The molecule has 0 aliphatic heterocycles. The molecule has 70 valence electrons. The number of rotatable bonds is 4. The molecule has 0 amide bonds. The van der Waals surface area contributed by atoms with Crippen molar-refractivity contribution in [3.63, 3.8) is 0 Å². The summed E-state index contributed by atoms with van der Waals surface area (Å²) < 4.78 is 5.05. The maximum atomic E-state index is 5.05. The Balaban J connectivity index is 2.87. The quantitative estimate of drug-likeness (QED) is 0.709. The number of anilines is 1. The molecule has 0 spiro atoms. The number of ether oxygens (including phenoxy) is 1. The van der Waals surface area contributed by atoms with Crippen LogP contribution in [-0.2, 0) is 0 Å². The van der Waals surface area contributed by atoms with Crippen molar-refractivity contribution in [3.05, 3.63) is 24.5 Å². The Kier molecular flexibility index (Phi) is 3.25. The van der Waals surface area contributed by atoms with Crippen LogP contribution in [0.5, 0.6) is 5.88 Å². The second-order valence-electron chi connectivity index (χ2n) is 2.53. The SMILES string of the molecule is C=CCNc1ncnc(OC)c1C. The fourth-order valence-electron chi connectivity index (χ4n) is 0.987. The summed E-state index contributed by atoms with van der Waals surface area (Å²) in [5.41, 5.74) is 0.909. The second kappa shape index (κ2) is 4.45. The highest BCUT2D eigenvalue weighted by molar-refractivity contribution is 5.47. The van der Waals surface area contributed by atoms with Crippen LogP contribution in [0.3, 0.4) is 0 Å². The molecule has 0 fully saturated rings. The molecule has 0 aliphatic carbocycles. The topological polar surface area (TPSA) is 47.0 Å². The lowest BCUT2D eigenvalue weighted by molar-refractivity contribution is 0.394. The average molecular weight is 179 g/mol. The highest BCUT2D eigenvalue weighted by Crippen LogP contribution is 2.19. The highest BCUT2D eigenvalue weighted by Gasteiger charge is 2.04. The first-order valence-electron chi connectivity index (χ1n) is 4.00. The van der Waals surface area contributed by atoms with Crippen molar-refractivity contribution in [1.82, 2.24) is 9.97 Å². The lowest BCUT2D eigenvalue weighted by Gasteiger charge is -2.08. The standard InChI is InChI=1S/C9H13N3O/c1-4-5-10-8-7(2)9(13-3)12-6-11-8/h4,6H,1,5H2,2-3H3,(H,10,11,12). The van der Waals surface area contributed by atoms with Gasteiger partial charge in [-0.05, 0) is 6.92 Å². The molecule has 0 saturated carbocycles. The zero-order chi connectivity index (χ0) is 9.68. The van der Waals surface area contributed by atoms with Gasteiger partial charge in [-0.3, -0.25) is 0 Å². The van der Waals surface area contributed by atoms with Crippen LogP contribution in [0.25, 0.3) is 0 Å². The zero-order valence-electron chi connectivity index (χ0n) is 7.87. The van der Waals surface area contributed by atoms with Crippen molar-refractivity contribution < 1.29 is 4.74 Å². The van der Waals surface area contributed by atoms with Crippen LogP contribution in [0, 0.1) is 6.92 Å². The Labute approximate surface area is 77.7 Å². The molecule has 0 atom stereocenters. The van der Waals surface area contributed by atoms with E-state index >= 15 is 0 Å². The largest absolute Gasteiger partial charge is 0.481 e. The molecule has 4 nitrogen and oxygen atoms in total. The van der Waals surface area contributed by atoms with Crippen LogP contribution >= 0.6 is 0 Å². The minimum atomic E-state index is 0.599. The van der Waals surface area contributed by atoms with E-state index in [0.29, 0.717) is 12.4 Å². The highest BCUT2D eigenvalue weighted by atomic mass is 16.5. The summed E-state index contributed by atoms with van der Waals surface area (Å²) in [6, 6.07) is 0. The van der Waals surface area contributed by atoms with E-state index < -0.39 is 0 Å². The second-order valence-corrected chi connectivity index (χ2v) is 2.53. The molecule has 0 aliphatic rings. The van der Waals surface area contributed by atoms with E-state index in [0.717, 1.165) is 11.4 Å². The van der Waals surface area contributed by atoms with Gasteiger partial charge in [0.15, 0.2) is 0 Å². The monoisotopic (exact) mass is 179 g/mol. The molecule has 1 rings (SSSR count). The Morgan fingerprint density at radius 2 is 2.38 bits per heavy atom. The zero-order valence-corrected chi connectivity index (χ0v) is 7.87. The van der Waals surface area contributed by atoms with Gasteiger partial charge in [-0.1, -0.05) is 6.08 Å². The van der Waals surface area contributed by atoms with Crippen molar-refractivity contribution in [3.8, 4) is 5.88 Å². The first kappa shape index (κ1) is 9.51. The third-order valence-electron chi connectivity index (χ3n) is 1.65. The van der Waals surface area contributed by atoms with Crippen molar-refractivity contribution in [2.45, 2.75) is 6.92 Å². The molecule has 1 N–H and O–H groups in total. The van der Waals surface area contributed by atoms with E-state index in [2.05, 4.69) is 21.9 Å². The molecule has 4 heteroatoms. The Hall–Kier alpha value is -1.58. The fourth-order valence-corrected chi connectivity index (χ4v) is 0.987. The van der Waals surface area contributed by atoms with E-state index in [4.69, 9.17) is 4.74 Å². The van der Waals surface area contributed by atoms with Crippen LogP contribution in [0.15, 0.2) is 19.0 Å². The van der Waals surface area contributed by atoms with Crippen LogP contribution in [-0.4, -0.2) is 23.6 Å². The van der Waals surface area contributed by atoms with Crippen molar-refractivity contribution in [1.29, 1.82) is 0 Å². The molecule has 0 unspecified atom stereocenters. The van der Waals surface area contributed by atoms with Crippen LogP contribution < -0.4 is 10.1 Å². The Morgan fingerprint density at radius 3 is 3.00 bits per heavy atom. The van der Waals surface area contributed by atoms with Gasteiger partial charge in [-0.2, -0.15) is 0 Å². The van der Waals surface area contributed by atoms with Crippen molar-refractivity contribution in [2.75, 3.05) is 19.0 Å². The summed E-state index contributed by atoms with van der Waals surface area (Å²) >= 11 is 0. The first-order chi connectivity index (χ1) is 6.29. The van der Waals surface area contributed by atoms with Gasteiger partial charge >= 0.3 is 0 Å². The van der Waals surface area contributed by atoms with Gasteiger partial charge in [0.25, 0.3) is 0 Å². The van der Waals surface area contributed by atoms with Gasteiger partial charge < -0.3 is 10.1 Å². The summed E-state index contributed by atoms with van der Waals surface area (Å²) in [6.07, 6.45) is 3.24. The van der Waals surface area contributed by atoms with Gasteiger partial charge in [0.2, 0.25) is 5.88 Å². The van der Waals surface area contributed by atoms with E-state index in [-0.39, 0.29) is 0 Å². The summed E-state index contributed by atoms with van der Waals surface area (Å²) in [5.74, 6) is 1.38. The molecule has 1 heterocycles. The minimum Gasteiger partial charge on any atom is -0.481 e. The minimum absolute atomic E-state index is 0.599. The average Bonchev–Trinajstić information content (AvgIpc) is 2.16. The summed E-state index contributed by atoms with van der Waals surface area (Å²) in [6.45, 7) is 6.20. The maximum absolute atomic E-state index is 5.05. The predicted octanol–water partition coefficient (Wildman–Crippen LogP) is 1.39. The molecular weight excluding hydrogens is 166 g/mol. The number of methoxy groups -OCH3 is 1. The first-order valence-corrected chi connectivity index (χ1v) is 4.00. The third-order valence-corrected chi connectivity index (χ3v) is 1.65. The maximum Gasteiger partial charge on any atom is 0.221 e. The van der Waals surface area contributed by atoms with Gasteiger partial charge in [-0.15, -0.1) is 6.58 Å². The summed E-state index contributed by atoms with van der Waals surface area (Å²) in [4.78, 5) is 8.04. The lowest BCUT2D eigenvalue weighted by atomic mass is 10.3. The molecule has 0 bridgehead atoms. The normalized spacial score (nSPS) is 9.38. The van der Waals surface area contributed by atoms with E-state index in [1.165, 1.54) is 6.33 Å². The smallest absolute Gasteiger partial charge is 0.221 e. The van der Waals surface area contributed by atoms with Crippen molar-refractivity contribution >= 4 is 5.82 Å². The Bertz CT molecular complexity index is 299. The Morgan fingerprint density at radius 1 is 1.62 bits per heavy atom. The van der Waals surface area contributed by atoms with Gasteiger partial charge in [0.1, 0.15) is 12.1 Å². The molecule has 1 aromatic heterocycles. The lowest BCUT2D eigenvalue weighted by Crippen LogP contribution is -2.04. The molecule has 13 heavy (non-hydrogen) atoms. The van der Waals surface area contributed by atoms with Gasteiger partial charge in [0, 0.05) is 6.54 Å². The summed E-state index contributed by atoms with van der Waals surface area (Å²) in [7, 11) is 1.59. The van der Waals surface area contributed by atoms with E-state index in [9.17, 15) is 0 Å². The van der Waals surface area contributed by atoms with Crippen LogP contribution in [0.1, 0.15) is 5.56 Å². The predicted molar refractivity (Wildman–Crippen MR) is 52.0 cm³/mol. The van der Waals surface area contributed by atoms with E-state index in [1.54, 1.807) is 13.2 Å². The number of nitrogens with one attached hydrogen (secondary N) is 1. The number of nitrogens with zero attached hydrogens (tertiary/aromatic N) is 2. The number of hydrogen-bond acceptors (Lipinski definition) is 4. The van der Waals surface area contributed by atoms with Crippen LogP contribution in [0.4, 0.5) is 5.82 Å². The molecule has 0 radical (unpaired) electrons. The third kappa shape index (κ3) is 2.18. The van der Waals surface area contributed by atoms with Gasteiger partial charge in [-0.25, -0.2) is 9.97 Å². The summed E-state index contributed by atoms with van der Waals surface area (Å²) in [5, 5.41) is 3.09. The van der Waals surface area contributed by atoms with Gasteiger partial charge in [0.05, 0.1) is 12.7 Å².